The van der Waals surface area contributed by atoms with Crippen LogP contribution in [0.25, 0.3) is 0 Å². The number of nitrogens with one attached hydrogen (secondary N) is 1. The Kier molecular flexibility index (Phi) is 5.84. The summed E-state index contributed by atoms with van der Waals surface area (Å²) < 4.78 is 1.02. The van der Waals surface area contributed by atoms with Gasteiger partial charge in [-0.3, -0.25) is 14.5 Å². The van der Waals surface area contributed by atoms with Crippen molar-refractivity contribution in [3.05, 3.63) is 28.7 Å². The van der Waals surface area contributed by atoms with E-state index in [1.54, 1.807) is 11.8 Å². The number of nitrogens with zero attached hydrogens (tertiary/aromatic N) is 2. The third-order valence-electron chi connectivity index (χ3n) is 3.04. The molecule has 0 bridgehead atoms. The molecule has 1 saturated heterocycles. The summed E-state index contributed by atoms with van der Waals surface area (Å²) in [6.07, 6.45) is 0. The highest BCUT2D eigenvalue weighted by Crippen LogP contribution is 2.19. The maximum absolute atomic E-state index is 11.8. The molecule has 0 unspecified atom stereocenters. The average molecular weight is 386 g/mol. The summed E-state index contributed by atoms with van der Waals surface area (Å²) >= 11 is 5.00. The monoisotopic (exact) mass is 385 g/mol. The molecular weight excluding hydrogens is 370 g/mol. The number of hydrogen-bond donors (Lipinski definition) is 1. The lowest BCUT2D eigenvalue weighted by molar-refractivity contribution is -0.130. The van der Waals surface area contributed by atoms with Crippen LogP contribution in [0.4, 0.5) is 4.79 Å². The van der Waals surface area contributed by atoms with Gasteiger partial charge in [0.2, 0.25) is 5.91 Å². The Morgan fingerprint density at radius 1 is 1.32 bits per heavy atom. The van der Waals surface area contributed by atoms with Crippen LogP contribution >= 0.6 is 27.7 Å². The van der Waals surface area contributed by atoms with Gasteiger partial charge in [0, 0.05) is 28.7 Å². The third-order valence-corrected chi connectivity index (χ3v) is 4.58. The maximum atomic E-state index is 11.8. The summed E-state index contributed by atoms with van der Waals surface area (Å²) in [4.78, 5) is 38.3. The number of urea groups is 1. The minimum Gasteiger partial charge on any atom is -0.354 e. The first-order chi connectivity index (χ1) is 10.5. The van der Waals surface area contributed by atoms with Crippen LogP contribution in [0.15, 0.2) is 33.6 Å². The van der Waals surface area contributed by atoms with E-state index in [9.17, 15) is 14.4 Å². The molecule has 0 atom stereocenters. The van der Waals surface area contributed by atoms with Gasteiger partial charge in [-0.05, 0) is 24.3 Å². The summed E-state index contributed by atoms with van der Waals surface area (Å²) in [5.41, 5.74) is 0. The number of likely N-dealkylation sites (N-methyl/N-ethyl adjacent to an activating group) is 1. The molecule has 0 radical (unpaired) electrons. The molecule has 118 valence electrons. The van der Waals surface area contributed by atoms with Crippen molar-refractivity contribution in [1.29, 1.82) is 0 Å². The van der Waals surface area contributed by atoms with Crippen LogP contribution in [0, 0.1) is 0 Å². The van der Waals surface area contributed by atoms with Gasteiger partial charge in [0.15, 0.2) is 0 Å². The van der Waals surface area contributed by atoms with E-state index in [4.69, 9.17) is 0 Å². The van der Waals surface area contributed by atoms with Crippen molar-refractivity contribution in [2.45, 2.75) is 4.90 Å². The Balaban J connectivity index is 1.69. The molecule has 1 aliphatic heterocycles. The average Bonchev–Trinajstić information content (AvgIpc) is 2.72. The highest BCUT2D eigenvalue weighted by Gasteiger charge is 2.34. The van der Waals surface area contributed by atoms with E-state index in [1.165, 1.54) is 11.9 Å². The van der Waals surface area contributed by atoms with Gasteiger partial charge < -0.3 is 10.2 Å². The molecule has 1 heterocycles. The van der Waals surface area contributed by atoms with Gasteiger partial charge in [0.25, 0.3) is 5.91 Å². The molecule has 1 N–H and O–H groups in total. The van der Waals surface area contributed by atoms with Crippen LogP contribution in [0.2, 0.25) is 0 Å². The second kappa shape index (κ2) is 7.64. The van der Waals surface area contributed by atoms with Crippen LogP contribution < -0.4 is 5.32 Å². The molecule has 0 aromatic heterocycles. The van der Waals surface area contributed by atoms with Gasteiger partial charge in [0.1, 0.15) is 13.1 Å². The number of rotatable bonds is 6. The van der Waals surface area contributed by atoms with Crippen molar-refractivity contribution in [2.75, 3.05) is 32.4 Å². The highest BCUT2D eigenvalue weighted by atomic mass is 79.9. The Hall–Kier alpha value is -1.54. The van der Waals surface area contributed by atoms with Crippen LogP contribution in [-0.2, 0) is 9.59 Å². The molecule has 1 aromatic carbocycles. The van der Waals surface area contributed by atoms with Gasteiger partial charge >= 0.3 is 6.03 Å². The molecule has 6 nitrogen and oxygen atoms in total. The highest BCUT2D eigenvalue weighted by molar-refractivity contribution is 9.10. The zero-order valence-electron chi connectivity index (χ0n) is 12.0. The number of carbonyl (C=O) groups excluding carboxylic acids is 3. The smallest absolute Gasteiger partial charge is 0.327 e. The van der Waals surface area contributed by atoms with Crippen LogP contribution in [0.1, 0.15) is 0 Å². The van der Waals surface area contributed by atoms with Gasteiger partial charge in [-0.2, -0.15) is 0 Å². The number of hydrogen-bond acceptors (Lipinski definition) is 4. The standard InChI is InChI=1S/C14H16BrN3O3S/c1-17-9-13(20)18(14(17)21)8-12(19)16-6-7-22-11-4-2-10(15)3-5-11/h2-5H,6-9H2,1H3,(H,16,19). The van der Waals surface area contributed by atoms with E-state index in [0.29, 0.717) is 6.54 Å². The van der Waals surface area contributed by atoms with Crippen LogP contribution in [0.3, 0.4) is 0 Å². The molecule has 0 saturated carbocycles. The van der Waals surface area contributed by atoms with E-state index in [1.807, 2.05) is 24.3 Å². The third kappa shape index (κ3) is 4.48. The number of carbonyl (C=O) groups is 3. The largest absolute Gasteiger partial charge is 0.354 e. The van der Waals surface area contributed by atoms with E-state index < -0.39 is 6.03 Å². The number of thioether (sulfide) groups is 1. The Bertz CT molecular complexity index is 579. The summed E-state index contributed by atoms with van der Waals surface area (Å²) in [6, 6.07) is 7.48. The normalized spacial score (nSPS) is 14.6. The van der Waals surface area contributed by atoms with Crippen molar-refractivity contribution in [3.8, 4) is 0 Å². The van der Waals surface area contributed by atoms with Crippen molar-refractivity contribution in [1.82, 2.24) is 15.1 Å². The first kappa shape index (κ1) is 16.8. The van der Waals surface area contributed by atoms with E-state index in [2.05, 4.69) is 21.2 Å². The molecule has 0 spiro atoms. The molecule has 8 heteroatoms. The number of halogens is 1. The summed E-state index contributed by atoms with van der Waals surface area (Å²) in [5, 5.41) is 2.71. The Morgan fingerprint density at radius 3 is 2.59 bits per heavy atom. The van der Waals surface area contributed by atoms with Crippen molar-refractivity contribution in [3.63, 3.8) is 0 Å². The quantitative estimate of drug-likeness (QED) is 0.458. The van der Waals surface area contributed by atoms with Crippen molar-refractivity contribution >= 4 is 45.5 Å². The molecule has 22 heavy (non-hydrogen) atoms. The molecule has 1 aromatic rings. The Labute approximate surface area is 141 Å². The zero-order chi connectivity index (χ0) is 16.1. The number of imide groups is 1. The van der Waals surface area contributed by atoms with E-state index >= 15 is 0 Å². The first-order valence-electron chi connectivity index (χ1n) is 6.68. The number of amides is 4. The summed E-state index contributed by atoms with van der Waals surface area (Å²) in [6.45, 7) is 0.294. The molecule has 1 fully saturated rings. The van der Waals surface area contributed by atoms with Crippen molar-refractivity contribution in [2.24, 2.45) is 0 Å². The predicted molar refractivity (Wildman–Crippen MR) is 87.6 cm³/mol. The SMILES string of the molecule is CN1CC(=O)N(CC(=O)NCCSc2ccc(Br)cc2)C1=O. The zero-order valence-corrected chi connectivity index (χ0v) is 14.4. The molecule has 4 amide bonds. The van der Waals surface area contributed by atoms with E-state index in [-0.39, 0.29) is 24.9 Å². The van der Waals surface area contributed by atoms with Crippen molar-refractivity contribution < 1.29 is 14.4 Å². The lowest BCUT2D eigenvalue weighted by atomic mass is 10.4. The molecule has 1 aliphatic rings. The minimum absolute atomic E-state index is 0.0333. The summed E-state index contributed by atoms with van der Waals surface area (Å²) in [5.74, 6) is 0.0510. The fraction of sp³-hybridized carbons (Fsp3) is 0.357. The van der Waals surface area contributed by atoms with Gasteiger partial charge in [-0.15, -0.1) is 11.8 Å². The second-order valence-electron chi connectivity index (χ2n) is 4.77. The van der Waals surface area contributed by atoms with Crippen LogP contribution in [0.5, 0.6) is 0 Å². The Morgan fingerprint density at radius 2 is 2.00 bits per heavy atom. The minimum atomic E-state index is -0.426. The fourth-order valence-corrected chi connectivity index (χ4v) is 2.95. The van der Waals surface area contributed by atoms with Crippen LogP contribution in [-0.4, -0.2) is 60.1 Å². The van der Waals surface area contributed by atoms with E-state index in [0.717, 1.165) is 20.0 Å². The predicted octanol–water partition coefficient (Wildman–Crippen LogP) is 1.55. The lowest BCUT2D eigenvalue weighted by Gasteiger charge is -2.13. The van der Waals surface area contributed by atoms with Gasteiger partial charge in [-0.1, -0.05) is 15.9 Å². The molecule has 2 rings (SSSR count). The molecular formula is C14H16BrN3O3S. The fourth-order valence-electron chi connectivity index (χ4n) is 1.91. The topological polar surface area (TPSA) is 69.7 Å². The van der Waals surface area contributed by atoms with Gasteiger partial charge in [0.05, 0.1) is 0 Å². The summed E-state index contributed by atoms with van der Waals surface area (Å²) in [7, 11) is 1.53. The first-order valence-corrected chi connectivity index (χ1v) is 8.46. The maximum Gasteiger partial charge on any atom is 0.327 e. The lowest BCUT2D eigenvalue weighted by Crippen LogP contribution is -2.41. The second-order valence-corrected chi connectivity index (χ2v) is 6.85. The number of benzene rings is 1. The van der Waals surface area contributed by atoms with Gasteiger partial charge in [-0.25, -0.2) is 4.79 Å². The molecule has 0 aliphatic carbocycles.